The van der Waals surface area contributed by atoms with Crippen molar-refractivity contribution >= 4 is 43.2 Å². The maximum absolute atomic E-state index is 4.66. The lowest BCUT2D eigenvalue weighted by Crippen LogP contribution is -1.81. The second kappa shape index (κ2) is 5.53. The minimum Gasteiger partial charge on any atom is -0.263 e. The SMILES string of the molecule is Brc1ccc(-c2csc(-c3cncc(Br)c3)n2)cc1. The number of halogens is 2. The van der Waals surface area contributed by atoms with Gasteiger partial charge in [-0.15, -0.1) is 11.3 Å². The molecule has 94 valence electrons. The summed E-state index contributed by atoms with van der Waals surface area (Å²) in [6, 6.07) is 10.2. The van der Waals surface area contributed by atoms with E-state index in [0.29, 0.717) is 0 Å². The Labute approximate surface area is 131 Å². The average Bonchev–Trinajstić information content (AvgIpc) is 2.89. The molecule has 0 N–H and O–H groups in total. The number of benzene rings is 1. The summed E-state index contributed by atoms with van der Waals surface area (Å²) >= 11 is 8.49. The molecule has 0 unspecified atom stereocenters. The molecule has 0 aliphatic carbocycles. The number of thiazole rings is 1. The van der Waals surface area contributed by atoms with Gasteiger partial charge in [-0.25, -0.2) is 4.98 Å². The van der Waals surface area contributed by atoms with Crippen molar-refractivity contribution < 1.29 is 0 Å². The summed E-state index contributed by atoms with van der Waals surface area (Å²) < 4.78 is 2.04. The van der Waals surface area contributed by atoms with Crippen LogP contribution < -0.4 is 0 Å². The largest absolute Gasteiger partial charge is 0.263 e. The first kappa shape index (κ1) is 13.0. The fraction of sp³-hybridized carbons (Fsp3) is 0. The Kier molecular flexibility index (Phi) is 3.77. The van der Waals surface area contributed by atoms with E-state index in [1.165, 1.54) is 0 Å². The van der Waals surface area contributed by atoms with E-state index in [4.69, 9.17) is 0 Å². The first-order valence-electron chi connectivity index (χ1n) is 5.55. The van der Waals surface area contributed by atoms with Crippen molar-refractivity contribution in [2.45, 2.75) is 0 Å². The van der Waals surface area contributed by atoms with E-state index in [9.17, 15) is 0 Å². The van der Waals surface area contributed by atoms with Gasteiger partial charge in [0.05, 0.1) is 5.69 Å². The molecular weight excluding hydrogens is 388 g/mol. The molecule has 2 heterocycles. The van der Waals surface area contributed by atoms with Gasteiger partial charge in [0.2, 0.25) is 0 Å². The highest BCUT2D eigenvalue weighted by Crippen LogP contribution is 2.30. The molecule has 0 radical (unpaired) electrons. The van der Waals surface area contributed by atoms with Crippen molar-refractivity contribution in [3.8, 4) is 21.8 Å². The minimum absolute atomic E-state index is 0.963. The highest BCUT2D eigenvalue weighted by molar-refractivity contribution is 9.10. The van der Waals surface area contributed by atoms with Gasteiger partial charge < -0.3 is 0 Å². The van der Waals surface area contributed by atoms with Gasteiger partial charge in [-0.05, 0) is 34.1 Å². The summed E-state index contributed by atoms with van der Waals surface area (Å²) in [4.78, 5) is 8.83. The van der Waals surface area contributed by atoms with Crippen LogP contribution in [0.15, 0.2) is 57.1 Å². The second-order valence-electron chi connectivity index (χ2n) is 3.94. The number of hydrogen-bond donors (Lipinski definition) is 0. The summed E-state index contributed by atoms with van der Waals surface area (Å²) in [5.41, 5.74) is 3.14. The molecule has 0 atom stereocenters. The molecule has 0 saturated heterocycles. The third kappa shape index (κ3) is 2.94. The van der Waals surface area contributed by atoms with Crippen molar-refractivity contribution in [2.24, 2.45) is 0 Å². The zero-order valence-electron chi connectivity index (χ0n) is 9.68. The molecule has 0 aliphatic heterocycles. The molecule has 2 nitrogen and oxygen atoms in total. The molecule has 0 spiro atoms. The molecule has 19 heavy (non-hydrogen) atoms. The minimum atomic E-state index is 0.963. The van der Waals surface area contributed by atoms with Crippen LogP contribution in [0.3, 0.4) is 0 Å². The fourth-order valence-electron chi connectivity index (χ4n) is 1.69. The molecule has 3 aromatic rings. The molecule has 0 bridgehead atoms. The second-order valence-corrected chi connectivity index (χ2v) is 6.63. The van der Waals surface area contributed by atoms with Crippen molar-refractivity contribution in [1.29, 1.82) is 0 Å². The maximum atomic E-state index is 4.66. The Hall–Kier alpha value is -1.04. The third-order valence-electron chi connectivity index (χ3n) is 2.60. The zero-order chi connectivity index (χ0) is 13.2. The summed E-state index contributed by atoms with van der Waals surface area (Å²) in [6.07, 6.45) is 3.60. The Morgan fingerprint density at radius 1 is 0.895 bits per heavy atom. The van der Waals surface area contributed by atoms with Gasteiger partial charge in [0.25, 0.3) is 0 Å². The van der Waals surface area contributed by atoms with Crippen molar-refractivity contribution in [3.63, 3.8) is 0 Å². The number of aromatic nitrogens is 2. The number of rotatable bonds is 2. The molecule has 2 aromatic heterocycles. The quantitative estimate of drug-likeness (QED) is 0.580. The van der Waals surface area contributed by atoms with Gasteiger partial charge in [-0.3, -0.25) is 4.98 Å². The topological polar surface area (TPSA) is 25.8 Å². The standard InChI is InChI=1S/C14H8Br2N2S/c15-11-3-1-9(2-4-11)13-8-19-14(18-13)10-5-12(16)7-17-6-10/h1-8H. The van der Waals surface area contributed by atoms with E-state index in [2.05, 4.69) is 59.3 Å². The normalized spacial score (nSPS) is 10.6. The van der Waals surface area contributed by atoms with Crippen LogP contribution in [0, 0.1) is 0 Å². The fourth-order valence-corrected chi connectivity index (χ4v) is 3.13. The smallest absolute Gasteiger partial charge is 0.125 e. The molecule has 0 fully saturated rings. The van der Waals surface area contributed by atoms with Crippen molar-refractivity contribution in [2.75, 3.05) is 0 Å². The number of hydrogen-bond acceptors (Lipinski definition) is 3. The zero-order valence-corrected chi connectivity index (χ0v) is 13.7. The van der Waals surface area contributed by atoms with E-state index >= 15 is 0 Å². The van der Waals surface area contributed by atoms with Crippen LogP contribution in [0.1, 0.15) is 0 Å². The highest BCUT2D eigenvalue weighted by Gasteiger charge is 2.07. The van der Waals surface area contributed by atoms with Gasteiger partial charge in [-0.1, -0.05) is 28.1 Å². The molecule has 0 aliphatic rings. The summed E-state index contributed by atoms with van der Waals surface area (Å²) in [5.74, 6) is 0. The van der Waals surface area contributed by atoms with Crippen LogP contribution in [0.4, 0.5) is 0 Å². The van der Waals surface area contributed by atoms with Gasteiger partial charge in [0.1, 0.15) is 5.01 Å². The molecule has 5 heteroatoms. The van der Waals surface area contributed by atoms with Gasteiger partial charge in [-0.2, -0.15) is 0 Å². The molecular formula is C14H8Br2N2S. The lowest BCUT2D eigenvalue weighted by Gasteiger charge is -1.97. The first-order valence-corrected chi connectivity index (χ1v) is 8.01. The number of pyridine rings is 1. The van der Waals surface area contributed by atoms with E-state index in [0.717, 1.165) is 30.8 Å². The van der Waals surface area contributed by atoms with Gasteiger partial charge >= 0.3 is 0 Å². The predicted octanol–water partition coefficient (Wildman–Crippen LogP) is 5.40. The van der Waals surface area contributed by atoms with E-state index in [-0.39, 0.29) is 0 Å². The third-order valence-corrected chi connectivity index (χ3v) is 4.45. The van der Waals surface area contributed by atoms with Crippen LogP contribution in [-0.2, 0) is 0 Å². The predicted molar refractivity (Wildman–Crippen MR) is 86.2 cm³/mol. The molecule has 0 saturated carbocycles. The lowest BCUT2D eigenvalue weighted by atomic mass is 10.2. The Balaban J connectivity index is 1.97. The van der Waals surface area contributed by atoms with Crippen LogP contribution in [0.25, 0.3) is 21.8 Å². The lowest BCUT2D eigenvalue weighted by molar-refractivity contribution is 1.30. The van der Waals surface area contributed by atoms with Crippen LogP contribution in [0.5, 0.6) is 0 Å². The van der Waals surface area contributed by atoms with E-state index < -0.39 is 0 Å². The first-order chi connectivity index (χ1) is 9.22. The number of nitrogens with zero attached hydrogens (tertiary/aromatic N) is 2. The van der Waals surface area contributed by atoms with Crippen molar-refractivity contribution in [1.82, 2.24) is 9.97 Å². The monoisotopic (exact) mass is 394 g/mol. The summed E-state index contributed by atoms with van der Waals surface area (Å²) in [5, 5.41) is 3.05. The van der Waals surface area contributed by atoms with E-state index in [1.807, 2.05) is 24.4 Å². The highest BCUT2D eigenvalue weighted by atomic mass is 79.9. The van der Waals surface area contributed by atoms with Gasteiger partial charge in [0.15, 0.2) is 0 Å². The van der Waals surface area contributed by atoms with Crippen molar-refractivity contribution in [3.05, 3.63) is 57.1 Å². The van der Waals surface area contributed by atoms with E-state index in [1.54, 1.807) is 17.5 Å². The van der Waals surface area contributed by atoms with Crippen LogP contribution in [-0.4, -0.2) is 9.97 Å². The summed E-state index contributed by atoms with van der Waals surface area (Å²) in [6.45, 7) is 0. The van der Waals surface area contributed by atoms with Crippen LogP contribution in [0.2, 0.25) is 0 Å². The molecule has 0 amide bonds. The van der Waals surface area contributed by atoms with Gasteiger partial charge in [0, 0.05) is 37.8 Å². The Bertz CT molecular complexity index is 707. The summed E-state index contributed by atoms with van der Waals surface area (Å²) in [7, 11) is 0. The Morgan fingerprint density at radius 3 is 2.42 bits per heavy atom. The maximum Gasteiger partial charge on any atom is 0.125 e. The van der Waals surface area contributed by atoms with Crippen LogP contribution >= 0.6 is 43.2 Å². The Morgan fingerprint density at radius 2 is 1.68 bits per heavy atom. The average molecular weight is 396 g/mol. The molecule has 3 rings (SSSR count). The molecule has 1 aromatic carbocycles.